The number of aryl methyl sites for hydroxylation is 1. The molecule has 1 aromatic heterocycles. The number of aromatic nitrogens is 2. The first-order valence-corrected chi connectivity index (χ1v) is 4.74. The van der Waals surface area contributed by atoms with E-state index in [2.05, 4.69) is 9.97 Å². The molecule has 14 heavy (non-hydrogen) atoms. The molecule has 0 unspecified atom stereocenters. The monoisotopic (exact) mass is 191 g/mol. The van der Waals surface area contributed by atoms with Crippen LogP contribution >= 0.6 is 0 Å². The molecule has 0 radical (unpaired) electrons. The number of hydrogen-bond acceptors (Lipinski definition) is 3. The summed E-state index contributed by atoms with van der Waals surface area (Å²) in [5.74, 6) is 0.839. The van der Waals surface area contributed by atoms with Crippen molar-refractivity contribution in [2.75, 3.05) is 11.9 Å². The summed E-state index contributed by atoms with van der Waals surface area (Å²) in [7, 11) is 1.73. The largest absolute Gasteiger partial charge is 0.284 e. The third-order valence-corrected chi connectivity index (χ3v) is 2.32. The van der Waals surface area contributed by atoms with Gasteiger partial charge in [-0.2, -0.15) is 0 Å². The van der Waals surface area contributed by atoms with E-state index in [-0.39, 0.29) is 11.8 Å². The molecule has 1 aromatic rings. The van der Waals surface area contributed by atoms with Crippen LogP contribution in [0.1, 0.15) is 18.4 Å². The molecule has 1 aliphatic carbocycles. The van der Waals surface area contributed by atoms with Gasteiger partial charge in [-0.1, -0.05) is 0 Å². The van der Waals surface area contributed by atoms with Gasteiger partial charge in [0.2, 0.25) is 11.9 Å². The van der Waals surface area contributed by atoms with Crippen LogP contribution in [0.5, 0.6) is 0 Å². The first-order valence-electron chi connectivity index (χ1n) is 4.74. The Kier molecular flexibility index (Phi) is 2.19. The molecule has 1 saturated carbocycles. The molecular weight excluding hydrogens is 178 g/mol. The minimum atomic E-state index is 0.133. The second kappa shape index (κ2) is 3.36. The smallest absolute Gasteiger partial charge is 0.232 e. The van der Waals surface area contributed by atoms with Crippen LogP contribution in [0, 0.1) is 12.8 Å². The van der Waals surface area contributed by atoms with Gasteiger partial charge in [0.15, 0.2) is 0 Å². The van der Waals surface area contributed by atoms with Crippen molar-refractivity contribution in [3.63, 3.8) is 0 Å². The lowest BCUT2D eigenvalue weighted by atomic mass is 10.3. The van der Waals surface area contributed by atoms with Crippen LogP contribution in [0.25, 0.3) is 0 Å². The van der Waals surface area contributed by atoms with Gasteiger partial charge in [-0.25, -0.2) is 9.97 Å². The molecule has 4 heteroatoms. The highest BCUT2D eigenvalue weighted by molar-refractivity contribution is 5.94. The molecule has 1 heterocycles. The van der Waals surface area contributed by atoms with Crippen LogP contribution in [0.2, 0.25) is 0 Å². The fourth-order valence-electron chi connectivity index (χ4n) is 1.26. The van der Waals surface area contributed by atoms with Crippen LogP contribution in [0.3, 0.4) is 0 Å². The maximum absolute atomic E-state index is 11.6. The van der Waals surface area contributed by atoms with E-state index in [0.717, 1.165) is 18.4 Å². The third-order valence-electron chi connectivity index (χ3n) is 2.32. The topological polar surface area (TPSA) is 46.1 Å². The molecule has 4 nitrogen and oxygen atoms in total. The zero-order chi connectivity index (χ0) is 10.1. The van der Waals surface area contributed by atoms with Gasteiger partial charge in [0.05, 0.1) is 0 Å². The van der Waals surface area contributed by atoms with Gasteiger partial charge in [-0.3, -0.25) is 9.69 Å². The van der Waals surface area contributed by atoms with Gasteiger partial charge in [-0.15, -0.1) is 0 Å². The number of carbonyl (C=O) groups excluding carboxylic acids is 1. The summed E-state index contributed by atoms with van der Waals surface area (Å²) in [6.45, 7) is 1.92. The van der Waals surface area contributed by atoms with Crippen molar-refractivity contribution in [3.8, 4) is 0 Å². The summed E-state index contributed by atoms with van der Waals surface area (Å²) < 4.78 is 0. The molecule has 0 aromatic carbocycles. The number of hydrogen-bond donors (Lipinski definition) is 0. The van der Waals surface area contributed by atoms with E-state index >= 15 is 0 Å². The average Bonchev–Trinajstić information content (AvgIpc) is 3.00. The third kappa shape index (κ3) is 1.73. The zero-order valence-electron chi connectivity index (χ0n) is 8.40. The molecule has 1 fully saturated rings. The summed E-state index contributed by atoms with van der Waals surface area (Å²) >= 11 is 0. The van der Waals surface area contributed by atoms with Gasteiger partial charge in [0.1, 0.15) is 0 Å². The molecule has 1 aliphatic rings. The number of carbonyl (C=O) groups is 1. The Hall–Kier alpha value is -1.45. The lowest BCUT2D eigenvalue weighted by Gasteiger charge is -2.14. The molecule has 0 bridgehead atoms. The number of amides is 1. The fraction of sp³-hybridized carbons (Fsp3) is 0.500. The van der Waals surface area contributed by atoms with E-state index in [9.17, 15) is 4.79 Å². The average molecular weight is 191 g/mol. The van der Waals surface area contributed by atoms with Gasteiger partial charge in [-0.05, 0) is 25.3 Å². The van der Waals surface area contributed by atoms with Crippen LogP contribution < -0.4 is 4.90 Å². The minimum Gasteiger partial charge on any atom is -0.284 e. The standard InChI is InChI=1S/C10H13N3O/c1-7-5-11-10(12-6-7)13(2)9(14)8-3-4-8/h5-6,8H,3-4H2,1-2H3. The molecule has 74 valence electrons. The quantitative estimate of drug-likeness (QED) is 0.704. The predicted octanol–water partition coefficient (Wildman–Crippen LogP) is 1.16. The fourth-order valence-corrected chi connectivity index (χ4v) is 1.26. The van der Waals surface area contributed by atoms with E-state index in [1.807, 2.05) is 6.92 Å². The first kappa shape index (κ1) is 9.12. The Labute approximate surface area is 83.0 Å². The minimum absolute atomic E-state index is 0.133. The molecule has 0 spiro atoms. The van der Waals surface area contributed by atoms with Crippen LogP contribution in [-0.2, 0) is 4.79 Å². The van der Waals surface area contributed by atoms with E-state index < -0.39 is 0 Å². The molecular formula is C10H13N3O. The summed E-state index contributed by atoms with van der Waals surface area (Å²) in [6, 6.07) is 0. The molecule has 1 amide bonds. The van der Waals surface area contributed by atoms with Crippen molar-refractivity contribution in [2.45, 2.75) is 19.8 Å². The van der Waals surface area contributed by atoms with E-state index in [0.29, 0.717) is 5.95 Å². The normalized spacial score (nSPS) is 15.3. The van der Waals surface area contributed by atoms with E-state index in [1.54, 1.807) is 19.4 Å². The van der Waals surface area contributed by atoms with E-state index in [1.165, 1.54) is 4.90 Å². The van der Waals surface area contributed by atoms with Gasteiger partial charge in [0, 0.05) is 25.4 Å². The van der Waals surface area contributed by atoms with Crippen molar-refractivity contribution in [2.24, 2.45) is 5.92 Å². The zero-order valence-corrected chi connectivity index (χ0v) is 8.40. The van der Waals surface area contributed by atoms with E-state index in [4.69, 9.17) is 0 Å². The number of anilines is 1. The highest BCUT2D eigenvalue weighted by Crippen LogP contribution is 2.31. The van der Waals surface area contributed by atoms with Gasteiger partial charge < -0.3 is 0 Å². The highest BCUT2D eigenvalue weighted by Gasteiger charge is 2.33. The predicted molar refractivity (Wildman–Crippen MR) is 52.9 cm³/mol. The Bertz CT molecular complexity index is 343. The maximum atomic E-state index is 11.6. The molecule has 0 saturated heterocycles. The number of nitrogens with zero attached hydrogens (tertiary/aromatic N) is 3. The highest BCUT2D eigenvalue weighted by atomic mass is 16.2. The molecule has 2 rings (SSSR count). The van der Waals surface area contributed by atoms with Crippen molar-refractivity contribution in [3.05, 3.63) is 18.0 Å². The van der Waals surface area contributed by atoms with Crippen molar-refractivity contribution >= 4 is 11.9 Å². The second-order valence-corrected chi connectivity index (χ2v) is 3.73. The van der Waals surface area contributed by atoms with Crippen molar-refractivity contribution in [1.29, 1.82) is 0 Å². The summed E-state index contributed by atoms with van der Waals surface area (Å²) in [5.41, 5.74) is 1.00. The Morgan fingerprint density at radius 3 is 2.50 bits per heavy atom. The van der Waals surface area contributed by atoms with Crippen LogP contribution in [-0.4, -0.2) is 22.9 Å². The Morgan fingerprint density at radius 2 is 2.00 bits per heavy atom. The lowest BCUT2D eigenvalue weighted by Crippen LogP contribution is -2.29. The summed E-state index contributed by atoms with van der Waals surface area (Å²) in [4.78, 5) is 21.4. The molecule has 0 N–H and O–H groups in total. The molecule has 0 atom stereocenters. The Balaban J connectivity index is 2.13. The SMILES string of the molecule is Cc1cnc(N(C)C(=O)C2CC2)nc1. The van der Waals surface area contributed by atoms with Crippen LogP contribution in [0.4, 0.5) is 5.95 Å². The van der Waals surface area contributed by atoms with Gasteiger partial charge >= 0.3 is 0 Å². The maximum Gasteiger partial charge on any atom is 0.232 e. The summed E-state index contributed by atoms with van der Waals surface area (Å²) in [5, 5.41) is 0. The lowest BCUT2D eigenvalue weighted by molar-refractivity contribution is -0.119. The molecule has 0 aliphatic heterocycles. The van der Waals surface area contributed by atoms with Gasteiger partial charge in [0.25, 0.3) is 0 Å². The van der Waals surface area contributed by atoms with Crippen LogP contribution in [0.15, 0.2) is 12.4 Å². The van der Waals surface area contributed by atoms with Crippen molar-refractivity contribution in [1.82, 2.24) is 9.97 Å². The number of rotatable bonds is 2. The summed E-state index contributed by atoms with van der Waals surface area (Å²) in [6.07, 6.45) is 5.46. The second-order valence-electron chi connectivity index (χ2n) is 3.73. The van der Waals surface area contributed by atoms with Crippen molar-refractivity contribution < 1.29 is 4.79 Å². The Morgan fingerprint density at radius 1 is 1.43 bits per heavy atom. The first-order chi connectivity index (χ1) is 6.68.